The lowest BCUT2D eigenvalue weighted by Gasteiger charge is -2.24. The second-order valence-electron chi connectivity index (χ2n) is 6.19. The van der Waals surface area contributed by atoms with E-state index >= 15 is 0 Å². The van der Waals surface area contributed by atoms with Gasteiger partial charge < -0.3 is 15.0 Å². The van der Waals surface area contributed by atoms with Crippen molar-refractivity contribution in [3.63, 3.8) is 0 Å². The van der Waals surface area contributed by atoms with E-state index in [9.17, 15) is 9.59 Å². The molecule has 1 atom stereocenters. The van der Waals surface area contributed by atoms with E-state index in [1.165, 1.54) is 24.6 Å². The predicted octanol–water partition coefficient (Wildman–Crippen LogP) is 1.68. The van der Waals surface area contributed by atoms with Crippen molar-refractivity contribution in [2.24, 2.45) is 7.05 Å². The van der Waals surface area contributed by atoms with Crippen LogP contribution in [-0.2, 0) is 11.8 Å². The Bertz CT molecular complexity index is 1000. The number of thiazole rings is 1. The average Bonchev–Trinajstić information content (AvgIpc) is 3.41. The lowest BCUT2D eigenvalue weighted by molar-refractivity contribution is -0.119. The van der Waals surface area contributed by atoms with Gasteiger partial charge in [0.1, 0.15) is 17.4 Å². The molecule has 3 aromatic rings. The van der Waals surface area contributed by atoms with E-state index in [0.717, 1.165) is 6.42 Å². The molecule has 0 bridgehead atoms. The number of carbonyl (C=O) groups is 2. The molecule has 1 unspecified atom stereocenters. The third kappa shape index (κ3) is 3.01. The molecular weight excluding hydrogens is 368 g/mol. The summed E-state index contributed by atoms with van der Waals surface area (Å²) in [5.41, 5.74) is 0.954. The van der Waals surface area contributed by atoms with Crippen molar-refractivity contribution in [2.45, 2.75) is 18.9 Å². The lowest BCUT2D eigenvalue weighted by Crippen LogP contribution is -2.43. The van der Waals surface area contributed by atoms with E-state index in [-0.39, 0.29) is 11.8 Å². The van der Waals surface area contributed by atoms with Crippen LogP contribution in [0.5, 0.6) is 5.75 Å². The molecule has 27 heavy (non-hydrogen) atoms. The highest BCUT2D eigenvalue weighted by Gasteiger charge is 2.36. The van der Waals surface area contributed by atoms with E-state index in [1.54, 1.807) is 34.4 Å². The van der Waals surface area contributed by atoms with Gasteiger partial charge in [0.05, 0.1) is 18.7 Å². The van der Waals surface area contributed by atoms with Gasteiger partial charge in [-0.3, -0.25) is 14.3 Å². The molecule has 140 valence electrons. The first kappa shape index (κ1) is 17.4. The molecule has 1 N–H and O–H groups in total. The first-order valence-electron chi connectivity index (χ1n) is 8.46. The maximum absolute atomic E-state index is 13.2. The quantitative estimate of drug-likeness (QED) is 0.732. The van der Waals surface area contributed by atoms with Crippen LogP contribution in [0.25, 0.3) is 11.0 Å². The van der Waals surface area contributed by atoms with Gasteiger partial charge >= 0.3 is 0 Å². The summed E-state index contributed by atoms with van der Waals surface area (Å²) in [7, 11) is 3.28. The molecule has 1 fully saturated rings. The minimum absolute atomic E-state index is 0.231. The molecule has 4 rings (SSSR count). The van der Waals surface area contributed by atoms with Gasteiger partial charge in [0.25, 0.3) is 5.91 Å². The molecule has 0 saturated carbocycles. The van der Waals surface area contributed by atoms with Crippen LogP contribution in [0.2, 0.25) is 0 Å². The second kappa shape index (κ2) is 6.95. The molecule has 0 aliphatic carbocycles. The number of ether oxygens (including phenoxy) is 1. The summed E-state index contributed by atoms with van der Waals surface area (Å²) in [6, 6.07) is -0.546. The molecule has 0 radical (unpaired) electrons. The summed E-state index contributed by atoms with van der Waals surface area (Å²) in [4.78, 5) is 35.8. The summed E-state index contributed by atoms with van der Waals surface area (Å²) in [6.45, 7) is 0.503. The van der Waals surface area contributed by atoms with Crippen LogP contribution in [0.3, 0.4) is 0 Å². The van der Waals surface area contributed by atoms with E-state index in [4.69, 9.17) is 4.74 Å². The normalized spacial score (nSPS) is 16.7. The highest BCUT2D eigenvalue weighted by atomic mass is 32.1. The Morgan fingerprint density at radius 2 is 2.19 bits per heavy atom. The summed E-state index contributed by atoms with van der Waals surface area (Å²) >= 11 is 1.34. The molecule has 0 spiro atoms. The standard InChI is InChI=1S/C17H18N6O3S/c1-22-14-10(9-20-22)13(26-2)11(8-19-14)16(25)23-6-3-4-12(23)15(24)21-17-18-5-7-27-17/h5,7-9,12H,3-4,6H2,1-2H3,(H,18,21,24). The van der Waals surface area contributed by atoms with Crippen molar-refractivity contribution in [2.75, 3.05) is 19.0 Å². The highest BCUT2D eigenvalue weighted by Crippen LogP contribution is 2.31. The molecule has 1 aliphatic rings. The number of likely N-dealkylation sites (tertiary alicyclic amines) is 1. The largest absolute Gasteiger partial charge is 0.495 e. The topological polar surface area (TPSA) is 102 Å². The molecular formula is C17H18N6O3S. The number of fused-ring (bicyclic) bond motifs is 1. The number of anilines is 1. The summed E-state index contributed by atoms with van der Waals surface area (Å²) in [6.07, 6.45) is 6.09. The van der Waals surface area contributed by atoms with Crippen LogP contribution in [-0.4, -0.2) is 56.2 Å². The molecule has 4 heterocycles. The van der Waals surface area contributed by atoms with Crippen LogP contribution in [0, 0.1) is 0 Å². The lowest BCUT2D eigenvalue weighted by atomic mass is 10.1. The first-order chi connectivity index (χ1) is 13.1. The van der Waals surface area contributed by atoms with Gasteiger partial charge in [-0.1, -0.05) is 0 Å². The third-order valence-electron chi connectivity index (χ3n) is 4.63. The molecule has 9 nitrogen and oxygen atoms in total. The minimum atomic E-state index is -0.546. The monoisotopic (exact) mass is 386 g/mol. The number of nitrogens with one attached hydrogen (secondary N) is 1. The van der Waals surface area contributed by atoms with Gasteiger partial charge in [-0.05, 0) is 12.8 Å². The Morgan fingerprint density at radius 1 is 1.33 bits per heavy atom. The Labute approximate surface area is 159 Å². The van der Waals surface area contributed by atoms with Crippen molar-refractivity contribution in [3.05, 3.63) is 29.5 Å². The molecule has 1 saturated heterocycles. The zero-order valence-corrected chi connectivity index (χ0v) is 15.7. The van der Waals surface area contributed by atoms with Crippen molar-refractivity contribution in [3.8, 4) is 5.75 Å². The summed E-state index contributed by atoms with van der Waals surface area (Å²) in [5, 5.41) is 9.91. The predicted molar refractivity (Wildman–Crippen MR) is 99.9 cm³/mol. The van der Waals surface area contributed by atoms with Crippen LogP contribution in [0.15, 0.2) is 24.0 Å². The van der Waals surface area contributed by atoms with Gasteiger partial charge in [-0.25, -0.2) is 9.97 Å². The van der Waals surface area contributed by atoms with Gasteiger partial charge in [0.2, 0.25) is 5.91 Å². The number of aromatic nitrogens is 4. The van der Waals surface area contributed by atoms with Crippen molar-refractivity contribution in [1.29, 1.82) is 0 Å². The van der Waals surface area contributed by atoms with Gasteiger partial charge in [0, 0.05) is 31.4 Å². The molecule has 0 aromatic carbocycles. The number of pyridine rings is 1. The number of aryl methyl sites for hydroxylation is 1. The smallest absolute Gasteiger partial charge is 0.259 e. The van der Waals surface area contributed by atoms with Gasteiger partial charge in [-0.2, -0.15) is 5.10 Å². The number of hydrogen-bond acceptors (Lipinski definition) is 7. The number of carbonyl (C=O) groups excluding carboxylic acids is 2. The van der Waals surface area contributed by atoms with Crippen LogP contribution in [0.1, 0.15) is 23.2 Å². The van der Waals surface area contributed by atoms with E-state index in [2.05, 4.69) is 20.4 Å². The highest BCUT2D eigenvalue weighted by molar-refractivity contribution is 7.13. The van der Waals surface area contributed by atoms with Gasteiger partial charge in [-0.15, -0.1) is 11.3 Å². The summed E-state index contributed by atoms with van der Waals surface area (Å²) < 4.78 is 7.10. The molecule has 10 heteroatoms. The number of amides is 2. The number of hydrogen-bond donors (Lipinski definition) is 1. The van der Waals surface area contributed by atoms with Crippen molar-refractivity contribution < 1.29 is 14.3 Å². The maximum atomic E-state index is 13.2. The number of methoxy groups -OCH3 is 1. The van der Waals surface area contributed by atoms with Crippen molar-refractivity contribution >= 4 is 39.3 Å². The van der Waals surface area contributed by atoms with Crippen molar-refractivity contribution in [1.82, 2.24) is 24.6 Å². The molecule has 3 aromatic heterocycles. The second-order valence-corrected chi connectivity index (χ2v) is 7.09. The number of rotatable bonds is 4. The SMILES string of the molecule is COc1c(C(=O)N2CCCC2C(=O)Nc2nccs2)cnc2c1cnn2C. The van der Waals surface area contributed by atoms with Crippen LogP contribution in [0.4, 0.5) is 5.13 Å². The fraction of sp³-hybridized carbons (Fsp3) is 0.353. The Balaban J connectivity index is 1.63. The maximum Gasteiger partial charge on any atom is 0.259 e. The Morgan fingerprint density at radius 3 is 2.93 bits per heavy atom. The van der Waals surface area contributed by atoms with Crippen LogP contribution < -0.4 is 10.1 Å². The van der Waals surface area contributed by atoms with E-state index < -0.39 is 6.04 Å². The third-order valence-corrected chi connectivity index (χ3v) is 5.31. The zero-order chi connectivity index (χ0) is 19.0. The number of nitrogens with zero attached hydrogens (tertiary/aromatic N) is 5. The Kier molecular flexibility index (Phi) is 4.48. The molecule has 2 amide bonds. The fourth-order valence-electron chi connectivity index (χ4n) is 3.36. The average molecular weight is 386 g/mol. The first-order valence-corrected chi connectivity index (χ1v) is 9.34. The Hall–Kier alpha value is -3.01. The van der Waals surface area contributed by atoms with E-state index in [0.29, 0.717) is 40.4 Å². The van der Waals surface area contributed by atoms with Gasteiger partial charge in [0.15, 0.2) is 10.8 Å². The summed E-state index contributed by atoms with van der Waals surface area (Å²) in [5.74, 6) is -0.0869. The van der Waals surface area contributed by atoms with Crippen LogP contribution >= 0.6 is 11.3 Å². The zero-order valence-electron chi connectivity index (χ0n) is 14.9. The molecule has 1 aliphatic heterocycles. The van der Waals surface area contributed by atoms with E-state index in [1.807, 2.05) is 0 Å². The minimum Gasteiger partial charge on any atom is -0.495 e. The fourth-order valence-corrected chi connectivity index (χ4v) is 3.89.